The van der Waals surface area contributed by atoms with Crippen molar-refractivity contribution in [1.82, 2.24) is 24.9 Å². The van der Waals surface area contributed by atoms with Crippen LogP contribution in [0.3, 0.4) is 0 Å². The molecule has 23 heavy (non-hydrogen) atoms. The Kier molecular flexibility index (Phi) is 4.52. The first-order valence-corrected chi connectivity index (χ1v) is 7.88. The lowest BCUT2D eigenvalue weighted by Crippen LogP contribution is -2.00. The van der Waals surface area contributed by atoms with Crippen molar-refractivity contribution in [3.8, 4) is 11.5 Å². The van der Waals surface area contributed by atoms with Crippen LogP contribution in [0.4, 0.5) is 4.39 Å². The van der Waals surface area contributed by atoms with Crippen LogP contribution in [-0.2, 0) is 12.3 Å². The van der Waals surface area contributed by atoms with Crippen molar-refractivity contribution in [2.24, 2.45) is 0 Å². The summed E-state index contributed by atoms with van der Waals surface area (Å²) in [5, 5.41) is 12.9. The second-order valence-electron chi connectivity index (χ2n) is 4.74. The van der Waals surface area contributed by atoms with E-state index in [-0.39, 0.29) is 5.82 Å². The van der Waals surface area contributed by atoms with Gasteiger partial charge in [-0.25, -0.2) is 4.39 Å². The predicted octanol–water partition coefficient (Wildman–Crippen LogP) is 3.25. The van der Waals surface area contributed by atoms with E-state index in [1.807, 2.05) is 11.5 Å². The summed E-state index contributed by atoms with van der Waals surface area (Å²) < 4.78 is 20.1. The van der Waals surface area contributed by atoms with Gasteiger partial charge >= 0.3 is 0 Å². The zero-order valence-corrected chi connectivity index (χ0v) is 13.3. The average Bonchev–Trinajstić information content (AvgIpc) is 3.15. The lowest BCUT2D eigenvalue weighted by molar-refractivity contribution is 0.425. The monoisotopic (exact) mass is 331 g/mol. The van der Waals surface area contributed by atoms with Crippen LogP contribution in [0, 0.1) is 12.7 Å². The third-order valence-corrected chi connectivity index (χ3v) is 4.07. The molecule has 8 heteroatoms. The minimum atomic E-state index is -0.305. The maximum absolute atomic E-state index is 12.9. The van der Waals surface area contributed by atoms with E-state index in [1.54, 1.807) is 18.2 Å². The average molecular weight is 331 g/mol. The Morgan fingerprint density at radius 2 is 2.09 bits per heavy atom. The number of halogens is 1. The van der Waals surface area contributed by atoms with Crippen LogP contribution >= 0.6 is 11.8 Å². The molecule has 0 unspecified atom stereocenters. The summed E-state index contributed by atoms with van der Waals surface area (Å²) in [5.74, 6) is 1.93. The molecule has 0 aliphatic rings. The second kappa shape index (κ2) is 6.74. The van der Waals surface area contributed by atoms with Crippen LogP contribution in [0.15, 0.2) is 46.6 Å². The van der Waals surface area contributed by atoms with Gasteiger partial charge in [0.25, 0.3) is 5.89 Å². The molecule has 118 valence electrons. The van der Waals surface area contributed by atoms with E-state index in [9.17, 15) is 4.39 Å². The van der Waals surface area contributed by atoms with Crippen molar-refractivity contribution in [2.75, 3.05) is 0 Å². The third-order valence-electron chi connectivity index (χ3n) is 3.10. The molecule has 3 rings (SSSR count). The van der Waals surface area contributed by atoms with Crippen LogP contribution in [0.5, 0.6) is 0 Å². The van der Waals surface area contributed by atoms with Gasteiger partial charge in [-0.3, -0.25) is 0 Å². The summed E-state index contributed by atoms with van der Waals surface area (Å²) in [6.45, 7) is 6.26. The Labute approximate surface area is 136 Å². The quantitative estimate of drug-likeness (QED) is 0.510. The zero-order valence-electron chi connectivity index (χ0n) is 12.4. The summed E-state index contributed by atoms with van der Waals surface area (Å²) in [6, 6.07) is 5.91. The van der Waals surface area contributed by atoms with Crippen LogP contribution in [0.2, 0.25) is 0 Å². The standard InChI is InChI=1S/C15H14FN5OS/c1-3-8-21-10(2)18-19-15(21)23-9-13-17-14(22-20-13)11-4-6-12(16)7-5-11/h3-7H,1,8-9H2,2H3. The molecule has 0 saturated carbocycles. The SMILES string of the molecule is C=CCn1c(C)nnc1SCc1noc(-c2ccc(F)cc2)n1. The van der Waals surface area contributed by atoms with Gasteiger partial charge in [0.05, 0.1) is 5.75 Å². The first-order valence-electron chi connectivity index (χ1n) is 6.89. The van der Waals surface area contributed by atoms with Gasteiger partial charge in [-0.2, -0.15) is 4.98 Å². The molecule has 0 fully saturated rings. The van der Waals surface area contributed by atoms with Crippen LogP contribution < -0.4 is 0 Å². The van der Waals surface area contributed by atoms with E-state index in [1.165, 1.54) is 23.9 Å². The maximum Gasteiger partial charge on any atom is 0.257 e. The number of rotatable bonds is 6. The van der Waals surface area contributed by atoms with Gasteiger partial charge in [0.1, 0.15) is 11.6 Å². The summed E-state index contributed by atoms with van der Waals surface area (Å²) in [7, 11) is 0. The van der Waals surface area contributed by atoms with Gasteiger partial charge in [0, 0.05) is 12.1 Å². The van der Waals surface area contributed by atoms with Gasteiger partial charge < -0.3 is 9.09 Å². The minimum absolute atomic E-state index is 0.305. The van der Waals surface area contributed by atoms with Crippen molar-refractivity contribution in [1.29, 1.82) is 0 Å². The van der Waals surface area contributed by atoms with Crippen LogP contribution in [0.25, 0.3) is 11.5 Å². The van der Waals surface area contributed by atoms with E-state index in [4.69, 9.17) is 4.52 Å². The van der Waals surface area contributed by atoms with Crippen molar-refractivity contribution < 1.29 is 8.91 Å². The lowest BCUT2D eigenvalue weighted by atomic mass is 10.2. The molecule has 0 bridgehead atoms. The van der Waals surface area contributed by atoms with E-state index in [0.29, 0.717) is 29.6 Å². The summed E-state index contributed by atoms with van der Waals surface area (Å²) in [6.07, 6.45) is 1.79. The largest absolute Gasteiger partial charge is 0.334 e. The highest BCUT2D eigenvalue weighted by atomic mass is 32.2. The molecule has 0 aliphatic carbocycles. The normalized spacial score (nSPS) is 10.9. The van der Waals surface area contributed by atoms with E-state index in [0.717, 1.165) is 11.0 Å². The number of benzene rings is 1. The first-order chi connectivity index (χ1) is 11.2. The number of allylic oxidation sites excluding steroid dienone is 1. The fraction of sp³-hybridized carbons (Fsp3) is 0.200. The fourth-order valence-electron chi connectivity index (χ4n) is 1.96. The number of nitrogens with zero attached hydrogens (tertiary/aromatic N) is 5. The Hall–Kier alpha value is -2.48. The Bertz CT molecular complexity index is 812. The van der Waals surface area contributed by atoms with E-state index < -0.39 is 0 Å². The number of hydrogen-bond donors (Lipinski definition) is 0. The van der Waals surface area contributed by atoms with Crippen molar-refractivity contribution in [3.63, 3.8) is 0 Å². The summed E-state index contributed by atoms with van der Waals surface area (Å²) in [5.41, 5.74) is 0.681. The lowest BCUT2D eigenvalue weighted by Gasteiger charge is -2.03. The number of aromatic nitrogens is 5. The molecule has 0 radical (unpaired) electrons. The van der Waals surface area contributed by atoms with E-state index in [2.05, 4.69) is 26.9 Å². The predicted molar refractivity (Wildman–Crippen MR) is 84.2 cm³/mol. The van der Waals surface area contributed by atoms with Gasteiger partial charge in [0.2, 0.25) is 0 Å². The van der Waals surface area contributed by atoms with Gasteiger partial charge in [-0.15, -0.1) is 16.8 Å². The Morgan fingerprint density at radius 3 is 2.83 bits per heavy atom. The number of thioether (sulfide) groups is 1. The molecule has 0 amide bonds. The molecule has 2 aromatic heterocycles. The minimum Gasteiger partial charge on any atom is -0.334 e. The molecule has 0 N–H and O–H groups in total. The first kappa shape index (κ1) is 15.4. The van der Waals surface area contributed by atoms with Crippen molar-refractivity contribution in [2.45, 2.75) is 24.4 Å². The number of aryl methyl sites for hydroxylation is 1. The topological polar surface area (TPSA) is 69.6 Å². The second-order valence-corrected chi connectivity index (χ2v) is 5.68. The molecule has 6 nitrogen and oxygen atoms in total. The van der Waals surface area contributed by atoms with Gasteiger partial charge in [0.15, 0.2) is 11.0 Å². The van der Waals surface area contributed by atoms with Crippen molar-refractivity contribution >= 4 is 11.8 Å². The fourth-order valence-corrected chi connectivity index (χ4v) is 2.80. The molecule has 0 saturated heterocycles. The highest BCUT2D eigenvalue weighted by molar-refractivity contribution is 7.98. The van der Waals surface area contributed by atoms with Gasteiger partial charge in [-0.1, -0.05) is 23.0 Å². The Balaban J connectivity index is 1.70. The maximum atomic E-state index is 12.9. The zero-order chi connectivity index (χ0) is 16.2. The smallest absolute Gasteiger partial charge is 0.257 e. The molecule has 0 aliphatic heterocycles. The summed E-state index contributed by atoms with van der Waals surface area (Å²) in [4.78, 5) is 4.31. The van der Waals surface area contributed by atoms with Crippen LogP contribution in [0.1, 0.15) is 11.6 Å². The third kappa shape index (κ3) is 3.48. The molecular weight excluding hydrogens is 317 g/mol. The number of hydrogen-bond acceptors (Lipinski definition) is 6. The highest BCUT2D eigenvalue weighted by Gasteiger charge is 2.12. The molecule has 2 heterocycles. The summed E-state index contributed by atoms with van der Waals surface area (Å²) >= 11 is 1.47. The molecular formula is C15H14FN5OS. The van der Waals surface area contributed by atoms with E-state index >= 15 is 0 Å². The molecule has 3 aromatic rings. The molecule has 0 atom stereocenters. The van der Waals surface area contributed by atoms with Crippen molar-refractivity contribution in [3.05, 3.63) is 54.4 Å². The van der Waals surface area contributed by atoms with Crippen LogP contribution in [-0.4, -0.2) is 24.9 Å². The molecule has 1 aromatic carbocycles. The molecule has 0 spiro atoms. The highest BCUT2D eigenvalue weighted by Crippen LogP contribution is 2.23. The van der Waals surface area contributed by atoms with Gasteiger partial charge in [-0.05, 0) is 31.2 Å². The Morgan fingerprint density at radius 1 is 1.30 bits per heavy atom.